The van der Waals surface area contributed by atoms with Gasteiger partial charge in [-0.2, -0.15) is 5.10 Å². The van der Waals surface area contributed by atoms with Crippen LogP contribution in [0.25, 0.3) is 5.52 Å². The molecule has 20 heavy (non-hydrogen) atoms. The van der Waals surface area contributed by atoms with Crippen LogP contribution in [-0.2, 0) is 6.54 Å². The first-order chi connectivity index (χ1) is 9.78. The minimum absolute atomic E-state index is 0.242. The SMILES string of the molecule is COc1ccc(NCc2cnn3ccccc23)cc1F. The highest BCUT2D eigenvalue weighted by molar-refractivity contribution is 5.55. The molecule has 0 radical (unpaired) electrons. The van der Waals surface area contributed by atoms with Gasteiger partial charge in [-0.15, -0.1) is 0 Å². The normalized spacial score (nSPS) is 10.7. The zero-order chi connectivity index (χ0) is 13.9. The summed E-state index contributed by atoms with van der Waals surface area (Å²) in [6.07, 6.45) is 3.70. The zero-order valence-electron chi connectivity index (χ0n) is 11.0. The molecule has 0 aliphatic heterocycles. The summed E-state index contributed by atoms with van der Waals surface area (Å²) in [5.74, 6) is -0.135. The monoisotopic (exact) mass is 271 g/mol. The van der Waals surface area contributed by atoms with Crippen LogP contribution in [0.1, 0.15) is 5.56 Å². The number of fused-ring (bicyclic) bond motifs is 1. The number of hydrogen-bond acceptors (Lipinski definition) is 3. The Labute approximate surface area is 115 Å². The Morgan fingerprint density at radius 1 is 1.30 bits per heavy atom. The summed E-state index contributed by atoms with van der Waals surface area (Å²) in [4.78, 5) is 0. The van der Waals surface area contributed by atoms with Crippen molar-refractivity contribution in [2.75, 3.05) is 12.4 Å². The van der Waals surface area contributed by atoms with Gasteiger partial charge in [0.05, 0.1) is 18.8 Å². The maximum Gasteiger partial charge on any atom is 0.167 e. The quantitative estimate of drug-likeness (QED) is 0.792. The van der Waals surface area contributed by atoms with Gasteiger partial charge >= 0.3 is 0 Å². The van der Waals surface area contributed by atoms with Crippen LogP contribution in [0.5, 0.6) is 5.75 Å². The fourth-order valence-corrected chi connectivity index (χ4v) is 2.10. The summed E-state index contributed by atoms with van der Waals surface area (Å²) >= 11 is 0. The van der Waals surface area contributed by atoms with E-state index in [2.05, 4.69) is 10.4 Å². The number of rotatable bonds is 4. The lowest BCUT2D eigenvalue weighted by Crippen LogP contribution is -2.00. The predicted molar refractivity (Wildman–Crippen MR) is 75.5 cm³/mol. The van der Waals surface area contributed by atoms with E-state index in [0.717, 1.165) is 11.1 Å². The van der Waals surface area contributed by atoms with Crippen LogP contribution < -0.4 is 10.1 Å². The molecule has 0 saturated carbocycles. The Balaban J connectivity index is 1.78. The van der Waals surface area contributed by atoms with Gasteiger partial charge < -0.3 is 10.1 Å². The summed E-state index contributed by atoms with van der Waals surface area (Å²) in [5, 5.41) is 7.44. The van der Waals surface area contributed by atoms with Gasteiger partial charge in [-0.3, -0.25) is 0 Å². The molecular formula is C15H14FN3O. The van der Waals surface area contributed by atoms with Crippen molar-refractivity contribution in [3.05, 3.63) is 60.2 Å². The zero-order valence-corrected chi connectivity index (χ0v) is 11.0. The number of pyridine rings is 1. The number of hydrogen-bond donors (Lipinski definition) is 1. The van der Waals surface area contributed by atoms with Gasteiger partial charge in [0.1, 0.15) is 0 Å². The molecule has 0 amide bonds. The van der Waals surface area contributed by atoms with Crippen molar-refractivity contribution in [2.45, 2.75) is 6.54 Å². The lowest BCUT2D eigenvalue weighted by atomic mass is 10.2. The van der Waals surface area contributed by atoms with Crippen molar-refractivity contribution in [2.24, 2.45) is 0 Å². The highest BCUT2D eigenvalue weighted by Gasteiger charge is 2.05. The Bertz CT molecular complexity index is 739. The minimum atomic E-state index is -0.377. The van der Waals surface area contributed by atoms with E-state index in [4.69, 9.17) is 4.74 Å². The molecule has 4 nitrogen and oxygen atoms in total. The van der Waals surface area contributed by atoms with Gasteiger partial charge in [-0.25, -0.2) is 8.91 Å². The van der Waals surface area contributed by atoms with E-state index in [1.165, 1.54) is 13.2 Å². The summed E-state index contributed by atoms with van der Waals surface area (Å²) in [6, 6.07) is 10.7. The average molecular weight is 271 g/mol. The van der Waals surface area contributed by atoms with Crippen molar-refractivity contribution >= 4 is 11.2 Å². The van der Waals surface area contributed by atoms with Gasteiger partial charge in [0, 0.05) is 30.1 Å². The lowest BCUT2D eigenvalue weighted by Gasteiger charge is -2.07. The van der Waals surface area contributed by atoms with Gasteiger partial charge in [0.25, 0.3) is 0 Å². The molecule has 0 aliphatic carbocycles. The molecule has 2 heterocycles. The Morgan fingerprint density at radius 3 is 3.00 bits per heavy atom. The number of nitrogens with zero attached hydrogens (tertiary/aromatic N) is 2. The van der Waals surface area contributed by atoms with Crippen molar-refractivity contribution in [1.29, 1.82) is 0 Å². The highest BCUT2D eigenvalue weighted by atomic mass is 19.1. The van der Waals surface area contributed by atoms with Crippen molar-refractivity contribution in [3.63, 3.8) is 0 Å². The lowest BCUT2D eigenvalue weighted by molar-refractivity contribution is 0.386. The van der Waals surface area contributed by atoms with Crippen LogP contribution in [-0.4, -0.2) is 16.7 Å². The molecule has 0 saturated heterocycles. The number of ether oxygens (including phenoxy) is 1. The van der Waals surface area contributed by atoms with Crippen LogP contribution in [0.4, 0.5) is 10.1 Å². The van der Waals surface area contributed by atoms with Crippen molar-refractivity contribution in [3.8, 4) is 5.75 Å². The molecule has 3 aromatic rings. The van der Waals surface area contributed by atoms with E-state index in [1.54, 1.807) is 12.1 Å². The largest absolute Gasteiger partial charge is 0.494 e. The fraction of sp³-hybridized carbons (Fsp3) is 0.133. The molecule has 3 rings (SSSR count). The first-order valence-electron chi connectivity index (χ1n) is 6.26. The molecule has 0 bridgehead atoms. The summed E-state index contributed by atoms with van der Waals surface area (Å²) in [5.41, 5.74) is 2.80. The summed E-state index contributed by atoms with van der Waals surface area (Å²) < 4.78 is 20.3. The third-order valence-corrected chi connectivity index (χ3v) is 3.14. The second-order valence-electron chi connectivity index (χ2n) is 4.40. The van der Waals surface area contributed by atoms with E-state index in [0.29, 0.717) is 12.2 Å². The van der Waals surface area contributed by atoms with E-state index in [1.807, 2.05) is 35.1 Å². The number of anilines is 1. The van der Waals surface area contributed by atoms with Crippen LogP contribution >= 0.6 is 0 Å². The molecule has 0 unspecified atom stereocenters. The van der Waals surface area contributed by atoms with Gasteiger partial charge in [-0.1, -0.05) is 6.07 Å². The summed E-state index contributed by atoms with van der Waals surface area (Å²) in [7, 11) is 1.45. The fourth-order valence-electron chi connectivity index (χ4n) is 2.10. The molecule has 0 spiro atoms. The molecule has 0 atom stereocenters. The first kappa shape index (κ1) is 12.5. The van der Waals surface area contributed by atoms with E-state index < -0.39 is 0 Å². The first-order valence-corrected chi connectivity index (χ1v) is 6.26. The molecule has 2 aromatic heterocycles. The van der Waals surface area contributed by atoms with Gasteiger partial charge in [0.15, 0.2) is 11.6 Å². The molecule has 1 N–H and O–H groups in total. The average Bonchev–Trinajstić information content (AvgIpc) is 2.88. The third-order valence-electron chi connectivity index (χ3n) is 3.14. The number of halogens is 1. The summed E-state index contributed by atoms with van der Waals surface area (Å²) in [6.45, 7) is 0.583. The predicted octanol–water partition coefficient (Wildman–Crippen LogP) is 3.09. The molecule has 0 fully saturated rings. The molecule has 0 aliphatic rings. The molecule has 5 heteroatoms. The van der Waals surface area contributed by atoms with E-state index >= 15 is 0 Å². The number of aromatic nitrogens is 2. The maximum atomic E-state index is 13.6. The Morgan fingerprint density at radius 2 is 2.20 bits per heavy atom. The van der Waals surface area contributed by atoms with Crippen LogP contribution in [0, 0.1) is 5.82 Å². The second-order valence-corrected chi connectivity index (χ2v) is 4.40. The Kier molecular flexibility index (Phi) is 3.25. The van der Waals surface area contributed by atoms with E-state index in [-0.39, 0.29) is 11.6 Å². The second kappa shape index (κ2) is 5.21. The number of methoxy groups -OCH3 is 1. The van der Waals surface area contributed by atoms with E-state index in [9.17, 15) is 4.39 Å². The molecular weight excluding hydrogens is 257 g/mol. The Hall–Kier alpha value is -2.56. The smallest absolute Gasteiger partial charge is 0.167 e. The topological polar surface area (TPSA) is 38.6 Å². The van der Waals surface area contributed by atoms with Crippen LogP contribution in [0.3, 0.4) is 0 Å². The van der Waals surface area contributed by atoms with Crippen LogP contribution in [0.15, 0.2) is 48.8 Å². The maximum absolute atomic E-state index is 13.6. The van der Waals surface area contributed by atoms with Gasteiger partial charge in [0.2, 0.25) is 0 Å². The van der Waals surface area contributed by atoms with Crippen molar-refractivity contribution < 1.29 is 9.13 Å². The highest BCUT2D eigenvalue weighted by Crippen LogP contribution is 2.21. The number of nitrogens with one attached hydrogen (secondary N) is 1. The molecule has 1 aromatic carbocycles. The standard InChI is InChI=1S/C15H14FN3O/c1-20-15-6-5-12(8-13(15)16)17-9-11-10-18-19-7-3-2-4-14(11)19/h2-8,10,17H,9H2,1H3. The third kappa shape index (κ3) is 2.30. The van der Waals surface area contributed by atoms with Crippen LogP contribution in [0.2, 0.25) is 0 Å². The minimum Gasteiger partial charge on any atom is -0.494 e. The number of benzene rings is 1. The molecule has 102 valence electrons. The van der Waals surface area contributed by atoms with Crippen molar-refractivity contribution in [1.82, 2.24) is 9.61 Å². The van der Waals surface area contributed by atoms with Gasteiger partial charge in [-0.05, 0) is 24.3 Å².